The highest BCUT2D eigenvalue weighted by Gasteiger charge is 2.16. The van der Waals surface area contributed by atoms with Gasteiger partial charge in [0.2, 0.25) is 0 Å². The standard InChI is InChI=1S/C21H27N3/c1-17-9-10-21(18(2)15-17)16-23-11-13-24(14-12-23)22-19(3)20-7-5-4-6-8-20/h4-10,15H,11-14,16H2,1-3H3/b22-19-. The van der Waals surface area contributed by atoms with E-state index in [4.69, 9.17) is 5.10 Å². The van der Waals surface area contributed by atoms with Gasteiger partial charge in [-0.3, -0.25) is 9.91 Å². The first-order chi connectivity index (χ1) is 11.6. The minimum atomic E-state index is 0.995. The van der Waals surface area contributed by atoms with Gasteiger partial charge in [0.1, 0.15) is 0 Å². The summed E-state index contributed by atoms with van der Waals surface area (Å²) in [7, 11) is 0. The number of benzene rings is 2. The summed E-state index contributed by atoms with van der Waals surface area (Å²) in [4.78, 5) is 2.53. The normalized spacial score (nSPS) is 16.5. The molecule has 0 unspecified atom stereocenters. The Bertz CT molecular complexity index is 698. The smallest absolute Gasteiger partial charge is 0.0646 e. The van der Waals surface area contributed by atoms with Crippen LogP contribution in [0.4, 0.5) is 0 Å². The largest absolute Gasteiger partial charge is 0.295 e. The van der Waals surface area contributed by atoms with Crippen molar-refractivity contribution < 1.29 is 0 Å². The van der Waals surface area contributed by atoms with Crippen molar-refractivity contribution in [2.45, 2.75) is 27.3 Å². The molecule has 126 valence electrons. The van der Waals surface area contributed by atoms with Crippen molar-refractivity contribution in [3.63, 3.8) is 0 Å². The van der Waals surface area contributed by atoms with Gasteiger partial charge in [0.25, 0.3) is 0 Å². The fourth-order valence-corrected chi connectivity index (χ4v) is 3.21. The van der Waals surface area contributed by atoms with Crippen LogP contribution in [0, 0.1) is 13.8 Å². The van der Waals surface area contributed by atoms with Crippen LogP contribution in [0.15, 0.2) is 53.6 Å². The van der Waals surface area contributed by atoms with E-state index >= 15 is 0 Å². The fraction of sp³-hybridized carbons (Fsp3) is 0.381. The second-order valence-electron chi connectivity index (χ2n) is 6.71. The van der Waals surface area contributed by atoms with Crippen molar-refractivity contribution in [3.05, 3.63) is 70.8 Å². The summed E-state index contributed by atoms with van der Waals surface area (Å²) in [5.41, 5.74) is 6.48. The van der Waals surface area contributed by atoms with Crippen LogP contribution in [0.25, 0.3) is 0 Å². The third-order valence-electron chi connectivity index (χ3n) is 4.72. The zero-order valence-corrected chi connectivity index (χ0v) is 15.0. The maximum atomic E-state index is 4.80. The summed E-state index contributed by atoms with van der Waals surface area (Å²) in [5.74, 6) is 0. The van der Waals surface area contributed by atoms with Gasteiger partial charge in [-0.25, -0.2) is 0 Å². The lowest BCUT2D eigenvalue weighted by atomic mass is 10.1. The van der Waals surface area contributed by atoms with E-state index in [-0.39, 0.29) is 0 Å². The lowest BCUT2D eigenvalue weighted by Gasteiger charge is -2.33. The SMILES string of the molecule is C/C(=N/N1CCN(Cc2ccc(C)cc2C)CC1)c1ccccc1. The average molecular weight is 321 g/mol. The Morgan fingerprint density at radius 3 is 2.33 bits per heavy atom. The third-order valence-corrected chi connectivity index (χ3v) is 4.72. The van der Waals surface area contributed by atoms with Crippen LogP contribution in [0.1, 0.15) is 29.2 Å². The predicted octanol–water partition coefficient (Wildman–Crippen LogP) is 3.85. The molecule has 1 saturated heterocycles. The first kappa shape index (κ1) is 16.7. The van der Waals surface area contributed by atoms with E-state index in [1.54, 1.807) is 0 Å². The highest BCUT2D eigenvalue weighted by atomic mass is 15.5. The molecule has 2 aromatic carbocycles. The maximum Gasteiger partial charge on any atom is 0.0646 e. The van der Waals surface area contributed by atoms with Gasteiger partial charge in [-0.1, -0.05) is 54.1 Å². The molecule has 0 saturated carbocycles. The fourth-order valence-electron chi connectivity index (χ4n) is 3.21. The molecule has 3 heteroatoms. The quantitative estimate of drug-likeness (QED) is 0.797. The Hall–Kier alpha value is -2.13. The molecule has 2 aromatic rings. The van der Waals surface area contributed by atoms with E-state index in [0.29, 0.717) is 0 Å². The number of aryl methyl sites for hydroxylation is 2. The minimum absolute atomic E-state index is 0.995. The first-order valence-corrected chi connectivity index (χ1v) is 8.76. The third kappa shape index (κ3) is 4.24. The predicted molar refractivity (Wildman–Crippen MR) is 101 cm³/mol. The second kappa shape index (κ2) is 7.63. The van der Waals surface area contributed by atoms with Gasteiger partial charge in [0.05, 0.1) is 5.71 Å². The maximum absolute atomic E-state index is 4.80. The zero-order valence-electron chi connectivity index (χ0n) is 15.0. The van der Waals surface area contributed by atoms with Crippen LogP contribution < -0.4 is 0 Å². The van der Waals surface area contributed by atoms with Crippen LogP contribution in [-0.2, 0) is 6.54 Å². The molecule has 0 bridgehead atoms. The lowest BCUT2D eigenvalue weighted by Crippen LogP contribution is -2.43. The van der Waals surface area contributed by atoms with Crippen LogP contribution in [0.2, 0.25) is 0 Å². The number of rotatable bonds is 4. The first-order valence-electron chi connectivity index (χ1n) is 8.76. The lowest BCUT2D eigenvalue weighted by molar-refractivity contribution is 0.130. The molecule has 0 N–H and O–H groups in total. The van der Waals surface area contributed by atoms with Gasteiger partial charge in [-0.2, -0.15) is 5.10 Å². The number of nitrogens with zero attached hydrogens (tertiary/aromatic N) is 3. The number of hydrazone groups is 1. The average Bonchev–Trinajstić information content (AvgIpc) is 2.60. The van der Waals surface area contributed by atoms with Crippen molar-refractivity contribution in [2.24, 2.45) is 5.10 Å². The van der Waals surface area contributed by atoms with E-state index in [0.717, 1.165) is 38.4 Å². The molecular weight excluding hydrogens is 294 g/mol. The number of hydrogen-bond donors (Lipinski definition) is 0. The van der Waals surface area contributed by atoms with Crippen molar-refractivity contribution >= 4 is 5.71 Å². The van der Waals surface area contributed by atoms with Crippen molar-refractivity contribution in [1.82, 2.24) is 9.91 Å². The Kier molecular flexibility index (Phi) is 5.31. The molecule has 24 heavy (non-hydrogen) atoms. The van der Waals surface area contributed by atoms with Gasteiger partial charge in [0.15, 0.2) is 0 Å². The van der Waals surface area contributed by atoms with Crippen molar-refractivity contribution in [2.75, 3.05) is 26.2 Å². The van der Waals surface area contributed by atoms with Gasteiger partial charge >= 0.3 is 0 Å². The molecule has 3 nitrogen and oxygen atoms in total. The molecule has 0 atom stereocenters. The van der Waals surface area contributed by atoms with Crippen LogP contribution in [0.3, 0.4) is 0 Å². The van der Waals surface area contributed by atoms with Gasteiger partial charge in [0, 0.05) is 32.7 Å². The van der Waals surface area contributed by atoms with Crippen LogP contribution in [0.5, 0.6) is 0 Å². The Morgan fingerprint density at radius 1 is 0.958 bits per heavy atom. The molecule has 1 aliphatic rings. The molecule has 1 aliphatic heterocycles. The monoisotopic (exact) mass is 321 g/mol. The molecule has 0 radical (unpaired) electrons. The van der Waals surface area contributed by atoms with Crippen molar-refractivity contribution in [3.8, 4) is 0 Å². The highest BCUT2D eigenvalue weighted by molar-refractivity contribution is 5.98. The molecule has 0 aliphatic carbocycles. The highest BCUT2D eigenvalue weighted by Crippen LogP contribution is 2.15. The van der Waals surface area contributed by atoms with E-state index < -0.39 is 0 Å². The van der Waals surface area contributed by atoms with E-state index in [1.807, 2.05) is 6.07 Å². The number of piperazine rings is 1. The molecule has 0 aromatic heterocycles. The molecule has 0 amide bonds. The Labute approximate surface area is 145 Å². The van der Waals surface area contributed by atoms with E-state index in [1.165, 1.54) is 22.3 Å². The topological polar surface area (TPSA) is 18.8 Å². The molecule has 1 heterocycles. The second-order valence-corrected chi connectivity index (χ2v) is 6.71. The van der Waals surface area contributed by atoms with E-state index in [9.17, 15) is 0 Å². The number of hydrogen-bond acceptors (Lipinski definition) is 3. The summed E-state index contributed by atoms with van der Waals surface area (Å²) in [5, 5.41) is 7.01. The zero-order chi connectivity index (χ0) is 16.9. The van der Waals surface area contributed by atoms with Crippen molar-refractivity contribution in [1.29, 1.82) is 0 Å². The summed E-state index contributed by atoms with van der Waals surface area (Å²) in [6.45, 7) is 11.6. The summed E-state index contributed by atoms with van der Waals surface area (Å²) < 4.78 is 0. The van der Waals surface area contributed by atoms with Gasteiger partial charge in [-0.15, -0.1) is 0 Å². The van der Waals surface area contributed by atoms with E-state index in [2.05, 4.69) is 73.1 Å². The molecular formula is C21H27N3. The summed E-state index contributed by atoms with van der Waals surface area (Å²) in [6.07, 6.45) is 0. The molecule has 1 fully saturated rings. The summed E-state index contributed by atoms with van der Waals surface area (Å²) >= 11 is 0. The molecule has 0 spiro atoms. The summed E-state index contributed by atoms with van der Waals surface area (Å²) in [6, 6.07) is 17.2. The van der Waals surface area contributed by atoms with Crippen LogP contribution in [-0.4, -0.2) is 41.8 Å². The molecule has 3 rings (SSSR count). The Balaban J connectivity index is 1.56. The van der Waals surface area contributed by atoms with Gasteiger partial charge < -0.3 is 0 Å². The Morgan fingerprint density at radius 2 is 1.67 bits per heavy atom. The van der Waals surface area contributed by atoms with Crippen LogP contribution >= 0.6 is 0 Å². The minimum Gasteiger partial charge on any atom is -0.295 e. The van der Waals surface area contributed by atoms with Gasteiger partial charge in [-0.05, 0) is 37.5 Å².